The minimum atomic E-state index is -0.0412. The quantitative estimate of drug-likeness (QED) is 0.726. The Bertz CT molecular complexity index is 577. The van der Waals surface area contributed by atoms with Crippen LogP contribution in [0.2, 0.25) is 5.02 Å². The molecule has 0 saturated heterocycles. The molecule has 2 aromatic rings. The van der Waals surface area contributed by atoms with Gasteiger partial charge in [-0.15, -0.1) is 0 Å². The summed E-state index contributed by atoms with van der Waals surface area (Å²) < 4.78 is 0. The van der Waals surface area contributed by atoms with Gasteiger partial charge in [-0.25, -0.2) is 0 Å². The number of carbonyl (C=O) groups excluding carboxylic acids is 1. The highest BCUT2D eigenvalue weighted by atomic mass is 35.5. The molecule has 2 aromatic carbocycles. The van der Waals surface area contributed by atoms with E-state index in [4.69, 9.17) is 11.6 Å². The lowest BCUT2D eigenvalue weighted by Gasteiger charge is -1.94. The molecule has 0 atom stereocenters. The number of aryl methyl sites for hydroxylation is 1. The van der Waals surface area contributed by atoms with Crippen molar-refractivity contribution in [1.29, 1.82) is 0 Å². The number of benzene rings is 2. The first-order valence-corrected chi connectivity index (χ1v) is 6.74. The van der Waals surface area contributed by atoms with Crippen molar-refractivity contribution in [2.75, 3.05) is 0 Å². The van der Waals surface area contributed by atoms with Gasteiger partial charge in [-0.05, 0) is 42.3 Å². The fraction of sp³-hybridized carbons (Fsp3) is 0.0556. The molecule has 0 heterocycles. The molecule has 0 aliphatic carbocycles. The van der Waals surface area contributed by atoms with Crippen LogP contribution in [0.15, 0.2) is 60.7 Å². The Hall–Kier alpha value is -2.12. The minimum absolute atomic E-state index is 0.0412. The molecule has 1 nitrogen and oxygen atoms in total. The normalized spacial score (nSPS) is 11.3. The molecule has 0 radical (unpaired) electrons. The van der Waals surface area contributed by atoms with Gasteiger partial charge in [0.05, 0.1) is 0 Å². The molecule has 2 heteroatoms. The molecule has 0 bridgehead atoms. The van der Waals surface area contributed by atoms with Crippen LogP contribution in [0, 0.1) is 6.92 Å². The third kappa shape index (κ3) is 4.52. The van der Waals surface area contributed by atoms with E-state index in [1.165, 1.54) is 5.56 Å². The second-order valence-electron chi connectivity index (χ2n) is 4.53. The van der Waals surface area contributed by atoms with Crippen LogP contribution in [0.5, 0.6) is 0 Å². The Morgan fingerprint density at radius 1 is 0.850 bits per heavy atom. The van der Waals surface area contributed by atoms with E-state index in [0.29, 0.717) is 5.02 Å². The van der Waals surface area contributed by atoms with Gasteiger partial charge in [-0.2, -0.15) is 0 Å². The standard InChI is InChI=1S/C18H15ClO/c1-14-2-4-15(5-3-14)8-12-18(20)13-9-16-6-10-17(19)11-7-16/h2-13H,1H3/b12-8+,13-9+. The number of hydrogen-bond acceptors (Lipinski definition) is 1. The first-order chi connectivity index (χ1) is 9.63. The van der Waals surface area contributed by atoms with Crippen LogP contribution in [-0.2, 0) is 4.79 Å². The van der Waals surface area contributed by atoms with Crippen molar-refractivity contribution in [3.63, 3.8) is 0 Å². The van der Waals surface area contributed by atoms with E-state index in [9.17, 15) is 4.79 Å². The lowest BCUT2D eigenvalue weighted by molar-refractivity contribution is -0.110. The summed E-state index contributed by atoms with van der Waals surface area (Å²) in [5.74, 6) is -0.0412. The minimum Gasteiger partial charge on any atom is -0.290 e. The van der Waals surface area contributed by atoms with Gasteiger partial charge in [0.2, 0.25) is 0 Å². The average Bonchev–Trinajstić information content (AvgIpc) is 2.46. The molecule has 0 fully saturated rings. The van der Waals surface area contributed by atoms with Crippen molar-refractivity contribution >= 4 is 29.5 Å². The molecule has 0 aromatic heterocycles. The van der Waals surface area contributed by atoms with Gasteiger partial charge < -0.3 is 0 Å². The molecular weight excluding hydrogens is 268 g/mol. The number of carbonyl (C=O) groups is 1. The van der Waals surface area contributed by atoms with E-state index in [0.717, 1.165) is 11.1 Å². The van der Waals surface area contributed by atoms with Crippen molar-refractivity contribution in [3.8, 4) is 0 Å². The molecule has 0 aliphatic heterocycles. The van der Waals surface area contributed by atoms with E-state index in [1.54, 1.807) is 30.4 Å². The maximum absolute atomic E-state index is 11.7. The monoisotopic (exact) mass is 282 g/mol. The average molecular weight is 283 g/mol. The Morgan fingerprint density at radius 3 is 1.80 bits per heavy atom. The van der Waals surface area contributed by atoms with Crippen LogP contribution in [0.25, 0.3) is 12.2 Å². The highest BCUT2D eigenvalue weighted by Gasteiger charge is 1.92. The third-order valence-electron chi connectivity index (χ3n) is 2.83. The zero-order valence-corrected chi connectivity index (χ0v) is 12.0. The largest absolute Gasteiger partial charge is 0.290 e. The predicted molar refractivity (Wildman–Crippen MR) is 85.7 cm³/mol. The van der Waals surface area contributed by atoms with Gasteiger partial charge in [0, 0.05) is 5.02 Å². The summed E-state index contributed by atoms with van der Waals surface area (Å²) in [7, 11) is 0. The smallest absolute Gasteiger partial charge is 0.178 e. The van der Waals surface area contributed by atoms with Gasteiger partial charge in [-0.3, -0.25) is 4.79 Å². The van der Waals surface area contributed by atoms with Gasteiger partial charge in [0.25, 0.3) is 0 Å². The van der Waals surface area contributed by atoms with E-state index < -0.39 is 0 Å². The second kappa shape index (κ2) is 6.88. The van der Waals surface area contributed by atoms with E-state index in [2.05, 4.69) is 0 Å². The lowest BCUT2D eigenvalue weighted by Crippen LogP contribution is -1.85. The van der Waals surface area contributed by atoms with Crippen LogP contribution < -0.4 is 0 Å². The number of ketones is 1. The summed E-state index contributed by atoms with van der Waals surface area (Å²) in [6, 6.07) is 15.4. The summed E-state index contributed by atoms with van der Waals surface area (Å²) in [5.41, 5.74) is 3.17. The van der Waals surface area contributed by atoms with Gasteiger partial charge in [0.1, 0.15) is 0 Å². The first kappa shape index (κ1) is 14.3. The molecule has 100 valence electrons. The molecular formula is C18H15ClO. The van der Waals surface area contributed by atoms with Crippen LogP contribution in [-0.4, -0.2) is 5.78 Å². The predicted octanol–water partition coefficient (Wildman–Crippen LogP) is 4.94. The number of hydrogen-bond donors (Lipinski definition) is 0. The van der Waals surface area contributed by atoms with E-state index in [-0.39, 0.29) is 5.78 Å². The summed E-state index contributed by atoms with van der Waals surface area (Å²) in [4.78, 5) is 11.7. The summed E-state index contributed by atoms with van der Waals surface area (Å²) >= 11 is 5.80. The highest BCUT2D eigenvalue weighted by Crippen LogP contribution is 2.11. The van der Waals surface area contributed by atoms with E-state index >= 15 is 0 Å². The number of allylic oxidation sites excluding steroid dienone is 2. The molecule has 0 unspecified atom stereocenters. The van der Waals surface area contributed by atoms with Crippen molar-refractivity contribution in [3.05, 3.63) is 82.4 Å². The Labute approximate surface area is 124 Å². The molecule has 2 rings (SSSR count). The second-order valence-corrected chi connectivity index (χ2v) is 4.97. The number of rotatable bonds is 4. The topological polar surface area (TPSA) is 17.1 Å². The van der Waals surface area contributed by atoms with Crippen LogP contribution in [0.4, 0.5) is 0 Å². The summed E-state index contributed by atoms with van der Waals surface area (Å²) in [6.45, 7) is 2.04. The lowest BCUT2D eigenvalue weighted by atomic mass is 10.1. The summed E-state index contributed by atoms with van der Waals surface area (Å²) in [5, 5.41) is 0.688. The van der Waals surface area contributed by atoms with Gasteiger partial charge >= 0.3 is 0 Å². The summed E-state index contributed by atoms with van der Waals surface area (Å²) in [6.07, 6.45) is 6.71. The maximum Gasteiger partial charge on any atom is 0.178 e. The van der Waals surface area contributed by atoms with Crippen molar-refractivity contribution in [2.45, 2.75) is 6.92 Å². The fourth-order valence-electron chi connectivity index (χ4n) is 1.66. The van der Waals surface area contributed by atoms with Gasteiger partial charge in [0.15, 0.2) is 5.78 Å². The maximum atomic E-state index is 11.7. The van der Waals surface area contributed by atoms with Crippen LogP contribution in [0.1, 0.15) is 16.7 Å². The molecule has 0 N–H and O–H groups in total. The molecule has 20 heavy (non-hydrogen) atoms. The van der Waals surface area contributed by atoms with Crippen LogP contribution in [0.3, 0.4) is 0 Å². The zero-order chi connectivity index (χ0) is 14.4. The van der Waals surface area contributed by atoms with Crippen LogP contribution >= 0.6 is 11.6 Å². The zero-order valence-electron chi connectivity index (χ0n) is 11.2. The SMILES string of the molecule is Cc1ccc(/C=C/C(=O)/C=C/c2ccc(Cl)cc2)cc1. The van der Waals surface area contributed by atoms with Gasteiger partial charge in [-0.1, -0.05) is 65.7 Å². The highest BCUT2D eigenvalue weighted by molar-refractivity contribution is 6.30. The van der Waals surface area contributed by atoms with Crippen molar-refractivity contribution in [2.24, 2.45) is 0 Å². The van der Waals surface area contributed by atoms with Crippen molar-refractivity contribution < 1.29 is 4.79 Å². The third-order valence-corrected chi connectivity index (χ3v) is 3.08. The Morgan fingerprint density at radius 2 is 1.30 bits per heavy atom. The van der Waals surface area contributed by atoms with E-state index in [1.807, 2.05) is 49.4 Å². The van der Waals surface area contributed by atoms with Crippen molar-refractivity contribution in [1.82, 2.24) is 0 Å². The Balaban J connectivity index is 1.98. The fourth-order valence-corrected chi connectivity index (χ4v) is 1.79. The molecule has 0 saturated carbocycles. The molecule has 0 amide bonds. The molecule has 0 spiro atoms. The molecule has 0 aliphatic rings. The number of halogens is 1. The first-order valence-electron chi connectivity index (χ1n) is 6.36. The Kier molecular flexibility index (Phi) is 4.91.